The lowest BCUT2D eigenvalue weighted by molar-refractivity contribution is -0.274. The van der Waals surface area contributed by atoms with E-state index in [0.29, 0.717) is 0 Å². The minimum atomic E-state index is -4.86. The summed E-state index contributed by atoms with van der Waals surface area (Å²) in [5, 5.41) is 12.4. The van der Waals surface area contributed by atoms with Crippen molar-refractivity contribution in [1.82, 2.24) is 0 Å². The van der Waals surface area contributed by atoms with Crippen LogP contribution in [0.1, 0.15) is 11.7 Å². The highest BCUT2D eigenvalue weighted by atomic mass is 35.5. The van der Waals surface area contributed by atoms with Crippen molar-refractivity contribution in [2.24, 2.45) is 10.7 Å². The number of alkyl halides is 3. The van der Waals surface area contributed by atoms with E-state index >= 15 is 0 Å². The van der Waals surface area contributed by atoms with Crippen LogP contribution in [0.2, 0.25) is 5.02 Å². The maximum Gasteiger partial charge on any atom is 0.573 e. The SMILES string of the molecule is NC(=NCC(O)c1ccc(Cl)c(F)c1)Nc1ccccc1OC(F)(F)F. The molecule has 1 unspecified atom stereocenters. The molecule has 26 heavy (non-hydrogen) atoms. The molecular weight excluding hydrogens is 378 g/mol. The molecular formula is C16H14ClF4N3O2. The number of benzene rings is 2. The fourth-order valence-electron chi connectivity index (χ4n) is 1.97. The average Bonchev–Trinajstić information content (AvgIpc) is 2.55. The summed E-state index contributed by atoms with van der Waals surface area (Å²) in [6, 6.07) is 9.01. The lowest BCUT2D eigenvalue weighted by atomic mass is 10.1. The largest absolute Gasteiger partial charge is 0.573 e. The number of aliphatic hydroxyl groups excluding tert-OH is 1. The van der Waals surface area contributed by atoms with Gasteiger partial charge in [-0.25, -0.2) is 4.39 Å². The van der Waals surface area contributed by atoms with Crippen LogP contribution in [0.25, 0.3) is 0 Å². The topological polar surface area (TPSA) is 79.9 Å². The molecule has 2 aromatic rings. The Bertz CT molecular complexity index is 799. The van der Waals surface area contributed by atoms with Gasteiger partial charge in [-0.15, -0.1) is 13.2 Å². The number of nitrogens with one attached hydrogen (secondary N) is 1. The maximum atomic E-state index is 13.4. The van der Waals surface area contributed by atoms with Gasteiger partial charge >= 0.3 is 6.36 Å². The number of nitrogens with two attached hydrogens (primary N) is 1. The van der Waals surface area contributed by atoms with Crippen molar-refractivity contribution in [3.63, 3.8) is 0 Å². The molecule has 1 atom stereocenters. The van der Waals surface area contributed by atoms with Crippen molar-refractivity contribution in [3.8, 4) is 5.75 Å². The van der Waals surface area contributed by atoms with E-state index in [0.717, 1.165) is 12.1 Å². The number of aliphatic imine (C=N–C) groups is 1. The third kappa shape index (κ3) is 5.78. The zero-order valence-electron chi connectivity index (χ0n) is 13.1. The monoisotopic (exact) mass is 391 g/mol. The molecule has 0 aliphatic carbocycles. The van der Waals surface area contributed by atoms with Crippen LogP contribution in [-0.2, 0) is 0 Å². The van der Waals surface area contributed by atoms with Gasteiger partial charge in [0.1, 0.15) is 5.82 Å². The lowest BCUT2D eigenvalue weighted by Gasteiger charge is -2.14. The highest BCUT2D eigenvalue weighted by Gasteiger charge is 2.32. The number of hydrogen-bond acceptors (Lipinski definition) is 3. The number of anilines is 1. The first-order valence-electron chi connectivity index (χ1n) is 7.20. The van der Waals surface area contributed by atoms with Crippen LogP contribution in [0.15, 0.2) is 47.5 Å². The first kappa shape index (κ1) is 19.8. The quantitative estimate of drug-likeness (QED) is 0.411. The third-order valence-electron chi connectivity index (χ3n) is 3.14. The van der Waals surface area contributed by atoms with E-state index in [4.69, 9.17) is 17.3 Å². The van der Waals surface area contributed by atoms with Gasteiger partial charge in [0, 0.05) is 0 Å². The van der Waals surface area contributed by atoms with Crippen LogP contribution in [0.5, 0.6) is 5.75 Å². The molecule has 0 saturated heterocycles. The van der Waals surface area contributed by atoms with Crippen molar-refractivity contribution in [2.75, 3.05) is 11.9 Å². The maximum absolute atomic E-state index is 13.4. The highest BCUT2D eigenvalue weighted by molar-refractivity contribution is 6.30. The van der Waals surface area contributed by atoms with Crippen LogP contribution in [-0.4, -0.2) is 24.0 Å². The van der Waals surface area contributed by atoms with Gasteiger partial charge < -0.3 is 20.9 Å². The summed E-state index contributed by atoms with van der Waals surface area (Å²) < 4.78 is 54.4. The first-order chi connectivity index (χ1) is 12.2. The van der Waals surface area contributed by atoms with Gasteiger partial charge in [-0.2, -0.15) is 0 Å². The standard InChI is InChI=1S/C16H14ClF4N3O2/c17-10-6-5-9(7-11(10)18)13(25)8-23-15(22)24-12-3-1-2-4-14(12)26-16(19,20)21/h1-7,13,25H,8H2,(H3,22,23,24). The predicted molar refractivity (Wildman–Crippen MR) is 89.6 cm³/mol. The predicted octanol–water partition coefficient (Wildman–Crippen LogP) is 3.84. The van der Waals surface area contributed by atoms with Crippen LogP contribution < -0.4 is 15.8 Å². The molecule has 0 saturated carbocycles. The Morgan fingerprint density at radius 1 is 1.27 bits per heavy atom. The Balaban J connectivity index is 2.05. The van der Waals surface area contributed by atoms with Gasteiger partial charge in [0.15, 0.2) is 11.7 Å². The molecule has 0 aliphatic heterocycles. The molecule has 5 nitrogen and oxygen atoms in total. The number of aliphatic hydroxyl groups is 1. The summed E-state index contributed by atoms with van der Waals surface area (Å²) in [6.07, 6.45) is -6.04. The van der Waals surface area contributed by atoms with E-state index in [2.05, 4.69) is 15.0 Å². The van der Waals surface area contributed by atoms with Crippen molar-refractivity contribution in [2.45, 2.75) is 12.5 Å². The Morgan fingerprint density at radius 2 is 1.96 bits per heavy atom. The van der Waals surface area contributed by atoms with Gasteiger partial charge in [0.05, 0.1) is 23.4 Å². The fourth-order valence-corrected chi connectivity index (χ4v) is 2.09. The first-order valence-corrected chi connectivity index (χ1v) is 7.58. The molecule has 0 radical (unpaired) electrons. The fraction of sp³-hybridized carbons (Fsp3) is 0.188. The van der Waals surface area contributed by atoms with E-state index in [9.17, 15) is 22.7 Å². The minimum Gasteiger partial charge on any atom is -0.404 e. The number of guanidine groups is 1. The summed E-state index contributed by atoms with van der Waals surface area (Å²) in [6.45, 7) is -0.248. The lowest BCUT2D eigenvalue weighted by Crippen LogP contribution is -2.25. The van der Waals surface area contributed by atoms with Crippen LogP contribution in [0, 0.1) is 5.82 Å². The van der Waals surface area contributed by atoms with Crippen LogP contribution in [0.4, 0.5) is 23.2 Å². The van der Waals surface area contributed by atoms with E-state index in [1.54, 1.807) is 0 Å². The van der Waals surface area contributed by atoms with E-state index < -0.39 is 24.0 Å². The molecule has 0 aliphatic rings. The summed E-state index contributed by atoms with van der Waals surface area (Å²) >= 11 is 5.56. The normalized spacial score (nSPS) is 13.4. The van der Waals surface area contributed by atoms with Gasteiger partial charge in [0.2, 0.25) is 0 Å². The zero-order chi connectivity index (χ0) is 19.3. The van der Waals surface area contributed by atoms with Crippen LogP contribution in [0.3, 0.4) is 0 Å². The molecule has 0 fully saturated rings. The van der Waals surface area contributed by atoms with Gasteiger partial charge in [0.25, 0.3) is 0 Å². The van der Waals surface area contributed by atoms with Gasteiger partial charge in [-0.05, 0) is 29.8 Å². The van der Waals surface area contributed by atoms with Crippen LogP contribution >= 0.6 is 11.6 Å². The van der Waals surface area contributed by atoms with Gasteiger partial charge in [-0.1, -0.05) is 29.8 Å². The molecule has 0 spiro atoms. The van der Waals surface area contributed by atoms with Crippen molar-refractivity contribution in [1.29, 1.82) is 0 Å². The Hall–Kier alpha value is -2.52. The second-order valence-corrected chi connectivity index (χ2v) is 5.49. The number of ether oxygens (including phenoxy) is 1. The molecule has 0 amide bonds. The summed E-state index contributed by atoms with van der Waals surface area (Å²) in [5.41, 5.74) is 5.78. The third-order valence-corrected chi connectivity index (χ3v) is 3.45. The van der Waals surface area contributed by atoms with E-state index in [-0.39, 0.29) is 28.8 Å². The number of rotatable bonds is 5. The average molecular weight is 392 g/mol. The summed E-state index contributed by atoms with van der Waals surface area (Å²) in [4.78, 5) is 3.83. The second-order valence-electron chi connectivity index (χ2n) is 5.08. The Morgan fingerprint density at radius 3 is 2.62 bits per heavy atom. The smallest absolute Gasteiger partial charge is 0.404 e. The minimum absolute atomic E-state index is 0.0573. The van der Waals surface area contributed by atoms with Crippen molar-refractivity contribution >= 4 is 23.2 Å². The second kappa shape index (κ2) is 8.24. The molecule has 2 rings (SSSR count). The summed E-state index contributed by atoms with van der Waals surface area (Å²) in [5.74, 6) is -1.44. The number of para-hydroxylation sites is 2. The molecule has 2 aromatic carbocycles. The Labute approximate surface area is 151 Å². The van der Waals surface area contributed by atoms with Gasteiger partial charge in [-0.3, -0.25) is 4.99 Å². The highest BCUT2D eigenvalue weighted by Crippen LogP contribution is 2.29. The number of hydrogen-bond donors (Lipinski definition) is 3. The summed E-state index contributed by atoms with van der Waals surface area (Å²) in [7, 11) is 0. The van der Waals surface area contributed by atoms with Crippen molar-refractivity contribution < 1.29 is 27.4 Å². The Kier molecular flexibility index (Phi) is 6.27. The zero-order valence-corrected chi connectivity index (χ0v) is 13.9. The molecule has 0 bridgehead atoms. The number of halogens is 5. The molecule has 10 heteroatoms. The van der Waals surface area contributed by atoms with E-state index in [1.807, 2.05) is 0 Å². The molecule has 140 valence electrons. The molecule has 4 N–H and O–H groups in total. The number of nitrogens with zero attached hydrogens (tertiary/aromatic N) is 1. The van der Waals surface area contributed by atoms with Crippen molar-refractivity contribution in [3.05, 3.63) is 58.9 Å². The molecule has 0 heterocycles. The molecule has 0 aromatic heterocycles. The van der Waals surface area contributed by atoms with E-state index in [1.165, 1.54) is 30.3 Å².